The molecule has 5 heteroatoms. The third kappa shape index (κ3) is 3.62. The van der Waals surface area contributed by atoms with Crippen LogP contribution in [0.1, 0.15) is 19.4 Å². The Balaban J connectivity index is 1.79. The van der Waals surface area contributed by atoms with E-state index in [2.05, 4.69) is 5.32 Å². The summed E-state index contributed by atoms with van der Waals surface area (Å²) in [5, 5.41) is 2.95. The molecule has 3 rings (SSSR count). The highest BCUT2D eigenvalue weighted by Gasteiger charge is 2.32. The summed E-state index contributed by atoms with van der Waals surface area (Å²) in [6, 6.07) is 13.3. The lowest BCUT2D eigenvalue weighted by atomic mass is 10.0. The first kappa shape index (κ1) is 16.2. The molecule has 0 radical (unpaired) electrons. The van der Waals surface area contributed by atoms with Gasteiger partial charge in [-0.15, -0.1) is 0 Å². The molecular formula is C19H23N3O2. The van der Waals surface area contributed by atoms with Crippen LogP contribution in [0.3, 0.4) is 0 Å². The molecular weight excluding hydrogens is 302 g/mol. The maximum absolute atomic E-state index is 12.5. The summed E-state index contributed by atoms with van der Waals surface area (Å²) in [6.45, 7) is 6.89. The zero-order valence-electron chi connectivity index (χ0n) is 14.3. The predicted molar refractivity (Wildman–Crippen MR) is 97.6 cm³/mol. The number of anilines is 3. The molecule has 3 N–H and O–H groups in total. The fraction of sp³-hybridized carbons (Fsp3) is 0.316. The van der Waals surface area contributed by atoms with Crippen LogP contribution in [0.2, 0.25) is 0 Å². The van der Waals surface area contributed by atoms with Gasteiger partial charge in [-0.1, -0.05) is 12.1 Å². The van der Waals surface area contributed by atoms with Crippen LogP contribution in [-0.2, 0) is 4.79 Å². The largest absolute Gasteiger partial charge is 0.484 e. The fourth-order valence-electron chi connectivity index (χ4n) is 2.98. The lowest BCUT2D eigenvalue weighted by molar-refractivity contribution is -0.115. The molecule has 0 saturated carbocycles. The average Bonchev–Trinajstić information content (AvgIpc) is 2.47. The smallest absolute Gasteiger partial charge is 0.243 e. The number of rotatable bonds is 3. The van der Waals surface area contributed by atoms with E-state index in [-0.39, 0.29) is 18.1 Å². The van der Waals surface area contributed by atoms with E-state index in [9.17, 15) is 4.79 Å². The molecule has 0 fully saturated rings. The molecule has 5 nitrogen and oxygen atoms in total. The average molecular weight is 325 g/mol. The van der Waals surface area contributed by atoms with Crippen LogP contribution in [0.25, 0.3) is 0 Å². The second-order valence-electron chi connectivity index (χ2n) is 6.86. The van der Waals surface area contributed by atoms with Crippen LogP contribution in [0.4, 0.5) is 17.1 Å². The summed E-state index contributed by atoms with van der Waals surface area (Å²) in [5.41, 5.74) is 8.96. The van der Waals surface area contributed by atoms with Gasteiger partial charge in [0, 0.05) is 11.4 Å². The van der Waals surface area contributed by atoms with Crippen molar-refractivity contribution in [3.63, 3.8) is 0 Å². The number of hydrogen-bond acceptors (Lipinski definition) is 4. The summed E-state index contributed by atoms with van der Waals surface area (Å²) in [7, 11) is 0. The van der Waals surface area contributed by atoms with Crippen molar-refractivity contribution in [3.8, 4) is 5.75 Å². The molecule has 1 aliphatic rings. The SMILES string of the molecule is Cc1cccc(NC(=O)CN2CC(C)(C)Oc3ccc(N)cc32)c1. The van der Waals surface area contributed by atoms with E-state index < -0.39 is 0 Å². The third-order valence-electron chi connectivity index (χ3n) is 3.92. The van der Waals surface area contributed by atoms with Crippen molar-refractivity contribution in [1.29, 1.82) is 0 Å². The predicted octanol–water partition coefficient (Wildman–Crippen LogP) is 3.19. The number of nitrogens with one attached hydrogen (secondary N) is 1. The minimum absolute atomic E-state index is 0.0633. The van der Waals surface area contributed by atoms with Crippen LogP contribution in [0.5, 0.6) is 5.75 Å². The van der Waals surface area contributed by atoms with Crippen molar-refractivity contribution in [2.45, 2.75) is 26.4 Å². The van der Waals surface area contributed by atoms with Gasteiger partial charge >= 0.3 is 0 Å². The molecule has 0 spiro atoms. The molecule has 2 aromatic carbocycles. The van der Waals surface area contributed by atoms with Gasteiger partial charge in [0.25, 0.3) is 0 Å². The number of ether oxygens (including phenoxy) is 1. The summed E-state index contributed by atoms with van der Waals surface area (Å²) >= 11 is 0. The zero-order chi connectivity index (χ0) is 17.3. The molecule has 0 aliphatic carbocycles. The molecule has 0 bridgehead atoms. The van der Waals surface area contributed by atoms with Crippen molar-refractivity contribution >= 4 is 23.0 Å². The Morgan fingerprint density at radius 3 is 2.83 bits per heavy atom. The molecule has 1 aliphatic heterocycles. The fourth-order valence-corrected chi connectivity index (χ4v) is 2.98. The zero-order valence-corrected chi connectivity index (χ0v) is 14.3. The lowest BCUT2D eigenvalue weighted by Crippen LogP contribution is -2.49. The summed E-state index contributed by atoms with van der Waals surface area (Å²) in [5.74, 6) is 0.690. The number of nitrogens with two attached hydrogens (primary N) is 1. The second-order valence-corrected chi connectivity index (χ2v) is 6.86. The maximum atomic E-state index is 12.5. The Morgan fingerprint density at radius 2 is 2.08 bits per heavy atom. The van der Waals surface area contributed by atoms with Gasteiger partial charge in [-0.3, -0.25) is 4.79 Å². The molecule has 0 saturated heterocycles. The molecule has 126 valence electrons. The van der Waals surface area contributed by atoms with Crippen LogP contribution in [0, 0.1) is 6.92 Å². The molecule has 0 aromatic heterocycles. The number of carbonyl (C=O) groups is 1. The van der Waals surface area contributed by atoms with Crippen LogP contribution in [-0.4, -0.2) is 24.6 Å². The second kappa shape index (κ2) is 6.07. The van der Waals surface area contributed by atoms with E-state index in [1.165, 1.54) is 0 Å². The van der Waals surface area contributed by atoms with Crippen molar-refractivity contribution in [1.82, 2.24) is 0 Å². The van der Waals surface area contributed by atoms with Gasteiger partial charge in [0.1, 0.15) is 11.4 Å². The molecule has 2 aromatic rings. The van der Waals surface area contributed by atoms with Crippen LogP contribution in [0.15, 0.2) is 42.5 Å². The molecule has 0 unspecified atom stereocenters. The number of nitrogens with zero attached hydrogens (tertiary/aromatic N) is 1. The normalized spacial score (nSPS) is 15.4. The van der Waals surface area contributed by atoms with Crippen molar-refractivity contribution < 1.29 is 9.53 Å². The van der Waals surface area contributed by atoms with Crippen molar-refractivity contribution in [2.24, 2.45) is 0 Å². The van der Waals surface area contributed by atoms with E-state index in [4.69, 9.17) is 10.5 Å². The van der Waals surface area contributed by atoms with Crippen LogP contribution >= 0.6 is 0 Å². The van der Waals surface area contributed by atoms with E-state index >= 15 is 0 Å². The van der Waals surface area contributed by atoms with Gasteiger partial charge in [-0.05, 0) is 56.7 Å². The minimum atomic E-state index is -0.368. The quantitative estimate of drug-likeness (QED) is 0.851. The number of carbonyl (C=O) groups excluding carboxylic acids is 1. The standard InChI is InChI=1S/C19H23N3O2/c1-13-5-4-6-15(9-13)21-18(23)11-22-12-19(2,3)24-17-8-7-14(20)10-16(17)22/h4-10H,11-12,20H2,1-3H3,(H,21,23). The number of nitrogen functional groups attached to an aromatic ring is 1. The van der Waals surface area contributed by atoms with E-state index in [1.54, 1.807) is 0 Å². The van der Waals surface area contributed by atoms with Gasteiger partial charge in [0.2, 0.25) is 5.91 Å². The van der Waals surface area contributed by atoms with Crippen LogP contribution < -0.4 is 20.7 Å². The molecule has 1 amide bonds. The van der Waals surface area contributed by atoms with E-state index in [0.717, 1.165) is 22.7 Å². The van der Waals surface area contributed by atoms with E-state index in [0.29, 0.717) is 12.2 Å². The highest BCUT2D eigenvalue weighted by Crippen LogP contribution is 2.38. The first-order chi connectivity index (χ1) is 11.3. The minimum Gasteiger partial charge on any atom is -0.484 e. The molecule has 0 atom stereocenters. The summed E-state index contributed by atoms with van der Waals surface area (Å²) < 4.78 is 5.99. The number of benzene rings is 2. The first-order valence-electron chi connectivity index (χ1n) is 8.02. The molecule has 24 heavy (non-hydrogen) atoms. The van der Waals surface area contributed by atoms with Gasteiger partial charge < -0.3 is 20.7 Å². The van der Waals surface area contributed by atoms with Gasteiger partial charge in [0.05, 0.1) is 18.8 Å². The first-order valence-corrected chi connectivity index (χ1v) is 8.02. The Hall–Kier alpha value is -2.69. The summed E-state index contributed by atoms with van der Waals surface area (Å²) in [4.78, 5) is 14.5. The molecule has 1 heterocycles. The van der Waals surface area contributed by atoms with Crippen molar-refractivity contribution in [2.75, 3.05) is 29.0 Å². The Morgan fingerprint density at radius 1 is 1.29 bits per heavy atom. The number of fused-ring (bicyclic) bond motifs is 1. The Kier molecular flexibility index (Phi) is 4.09. The number of aryl methyl sites for hydroxylation is 1. The maximum Gasteiger partial charge on any atom is 0.243 e. The summed E-state index contributed by atoms with van der Waals surface area (Å²) in [6.07, 6.45) is 0. The van der Waals surface area contributed by atoms with Gasteiger partial charge in [-0.2, -0.15) is 0 Å². The van der Waals surface area contributed by atoms with E-state index in [1.807, 2.05) is 68.1 Å². The highest BCUT2D eigenvalue weighted by molar-refractivity contribution is 5.94. The number of hydrogen-bond donors (Lipinski definition) is 2. The number of amides is 1. The monoisotopic (exact) mass is 325 g/mol. The Bertz CT molecular complexity index is 771. The Labute approximate surface area is 142 Å². The van der Waals surface area contributed by atoms with Crippen molar-refractivity contribution in [3.05, 3.63) is 48.0 Å². The lowest BCUT2D eigenvalue weighted by Gasteiger charge is -2.40. The topological polar surface area (TPSA) is 67.6 Å². The van der Waals surface area contributed by atoms with Gasteiger partial charge in [-0.25, -0.2) is 0 Å². The highest BCUT2D eigenvalue weighted by atomic mass is 16.5. The van der Waals surface area contributed by atoms with Gasteiger partial charge in [0.15, 0.2) is 0 Å². The third-order valence-corrected chi connectivity index (χ3v) is 3.92.